The Balaban J connectivity index is 1.21. The average molecular weight is 447 g/mol. The summed E-state index contributed by atoms with van der Waals surface area (Å²) in [6.45, 7) is 2.97. The van der Waals surface area contributed by atoms with Gasteiger partial charge < -0.3 is 10.1 Å². The number of hydrogen-bond acceptors (Lipinski definition) is 3. The van der Waals surface area contributed by atoms with Gasteiger partial charge in [-0.3, -0.25) is 9.69 Å². The zero-order valence-electron chi connectivity index (χ0n) is 18.3. The molecule has 172 valence electrons. The fourth-order valence-corrected chi connectivity index (χ4v) is 4.84. The van der Waals surface area contributed by atoms with Crippen LogP contribution in [0.4, 0.5) is 13.2 Å². The lowest BCUT2D eigenvalue weighted by Gasteiger charge is -2.32. The van der Waals surface area contributed by atoms with E-state index in [1.165, 1.54) is 0 Å². The first-order valence-corrected chi connectivity index (χ1v) is 11.1. The summed E-state index contributed by atoms with van der Waals surface area (Å²) in [4.78, 5) is 14.9. The van der Waals surface area contributed by atoms with Crippen LogP contribution in [0.2, 0.25) is 0 Å². The van der Waals surface area contributed by atoms with E-state index in [0.717, 1.165) is 67.8 Å². The van der Waals surface area contributed by atoms with E-state index in [1.807, 2.05) is 24.3 Å². The molecule has 2 aliphatic rings. The van der Waals surface area contributed by atoms with Crippen molar-refractivity contribution in [1.82, 2.24) is 10.2 Å². The number of nitrogens with zero attached hydrogens (tertiary/aromatic N) is 1. The lowest BCUT2D eigenvalue weighted by molar-refractivity contribution is -0.137. The van der Waals surface area contributed by atoms with E-state index >= 15 is 0 Å². The molecule has 0 unspecified atom stereocenters. The first-order valence-electron chi connectivity index (χ1n) is 11.1. The van der Waals surface area contributed by atoms with Gasteiger partial charge in [-0.2, -0.15) is 13.2 Å². The third-order valence-corrected chi connectivity index (χ3v) is 6.93. The molecule has 4 nitrogen and oxygen atoms in total. The number of halogens is 3. The second kappa shape index (κ2) is 9.14. The van der Waals surface area contributed by atoms with Crippen molar-refractivity contribution in [3.63, 3.8) is 0 Å². The second-order valence-electron chi connectivity index (χ2n) is 8.94. The molecule has 32 heavy (non-hydrogen) atoms. The molecule has 1 atom stereocenters. The highest BCUT2D eigenvalue weighted by Gasteiger charge is 2.58. The summed E-state index contributed by atoms with van der Waals surface area (Å²) in [6, 6.07) is 13.2. The second-order valence-corrected chi connectivity index (χ2v) is 8.94. The number of carbonyl (C=O) groups is 1. The number of nitrogens with one attached hydrogen (secondary N) is 1. The highest BCUT2D eigenvalue weighted by Crippen LogP contribution is 2.59. The fourth-order valence-electron chi connectivity index (χ4n) is 4.84. The molecule has 7 heteroatoms. The number of piperidine rings is 1. The van der Waals surface area contributed by atoms with Gasteiger partial charge in [0.05, 0.1) is 12.7 Å². The predicted molar refractivity (Wildman–Crippen MR) is 116 cm³/mol. The number of carbonyl (C=O) groups excluding carboxylic acids is 1. The van der Waals surface area contributed by atoms with Crippen LogP contribution in [0.5, 0.6) is 5.75 Å². The largest absolute Gasteiger partial charge is 0.496 e. The Morgan fingerprint density at radius 3 is 2.47 bits per heavy atom. The van der Waals surface area contributed by atoms with Gasteiger partial charge in [-0.05, 0) is 73.5 Å². The molecule has 0 bridgehead atoms. The summed E-state index contributed by atoms with van der Waals surface area (Å²) >= 11 is 0. The molecule has 1 saturated carbocycles. The molecule has 2 fully saturated rings. The molecule has 0 aromatic heterocycles. The van der Waals surface area contributed by atoms with Crippen molar-refractivity contribution in [2.24, 2.45) is 11.3 Å². The van der Waals surface area contributed by atoms with Crippen molar-refractivity contribution in [1.29, 1.82) is 0 Å². The summed E-state index contributed by atoms with van der Waals surface area (Å²) in [5.41, 5.74) is 1.45. The van der Waals surface area contributed by atoms with Gasteiger partial charge in [0, 0.05) is 19.0 Å². The van der Waals surface area contributed by atoms with E-state index < -0.39 is 11.7 Å². The van der Waals surface area contributed by atoms with Gasteiger partial charge in [-0.1, -0.05) is 30.3 Å². The zero-order chi connectivity index (χ0) is 22.8. The Labute approximate surface area is 186 Å². The summed E-state index contributed by atoms with van der Waals surface area (Å²) in [5, 5.41) is 3.08. The first kappa shape index (κ1) is 22.6. The molecule has 1 amide bonds. The van der Waals surface area contributed by atoms with Crippen LogP contribution in [0.25, 0.3) is 0 Å². The third kappa shape index (κ3) is 5.09. The van der Waals surface area contributed by atoms with Gasteiger partial charge >= 0.3 is 6.18 Å². The molecule has 1 aliphatic heterocycles. The molecule has 2 aromatic carbocycles. The van der Waals surface area contributed by atoms with Crippen LogP contribution in [-0.4, -0.2) is 37.6 Å². The first-order chi connectivity index (χ1) is 15.3. The number of benzene rings is 2. The quantitative estimate of drug-likeness (QED) is 0.672. The van der Waals surface area contributed by atoms with E-state index in [-0.39, 0.29) is 17.2 Å². The molecule has 4 rings (SSSR count). The minimum atomic E-state index is -4.30. The third-order valence-electron chi connectivity index (χ3n) is 6.93. The highest BCUT2D eigenvalue weighted by atomic mass is 19.4. The van der Waals surface area contributed by atoms with Gasteiger partial charge in [0.2, 0.25) is 5.91 Å². The number of para-hydroxylation sites is 1. The molecule has 1 heterocycles. The Bertz CT molecular complexity index is 935. The maximum atomic E-state index is 12.7. The molecule has 1 saturated heterocycles. The normalized spacial score (nSPS) is 20.2. The topological polar surface area (TPSA) is 41.6 Å². The number of ether oxygens (including phenoxy) is 1. The van der Waals surface area contributed by atoms with Crippen molar-refractivity contribution in [2.75, 3.05) is 26.7 Å². The van der Waals surface area contributed by atoms with Crippen LogP contribution < -0.4 is 10.1 Å². The van der Waals surface area contributed by atoms with E-state index in [4.69, 9.17) is 4.74 Å². The van der Waals surface area contributed by atoms with Crippen LogP contribution >= 0.6 is 0 Å². The highest BCUT2D eigenvalue weighted by molar-refractivity contribution is 5.82. The predicted octanol–water partition coefficient (Wildman–Crippen LogP) is 4.68. The van der Waals surface area contributed by atoms with Gasteiger partial charge in [0.1, 0.15) is 5.75 Å². The number of alkyl halides is 3. The number of methoxy groups -OCH3 is 1. The Morgan fingerprint density at radius 1 is 1.12 bits per heavy atom. The van der Waals surface area contributed by atoms with E-state index in [1.54, 1.807) is 19.2 Å². The van der Waals surface area contributed by atoms with Crippen LogP contribution in [0.3, 0.4) is 0 Å². The van der Waals surface area contributed by atoms with Crippen molar-refractivity contribution in [3.8, 4) is 5.75 Å². The van der Waals surface area contributed by atoms with E-state index in [0.29, 0.717) is 13.1 Å². The lowest BCUT2D eigenvalue weighted by atomic mass is 9.90. The molecule has 0 radical (unpaired) electrons. The monoisotopic (exact) mass is 446 g/mol. The number of amides is 1. The fraction of sp³-hybridized carbons (Fsp3) is 0.480. The summed E-state index contributed by atoms with van der Waals surface area (Å²) in [5.74, 6) is 1.05. The minimum absolute atomic E-state index is 0.0772. The van der Waals surface area contributed by atoms with Crippen molar-refractivity contribution < 1.29 is 22.7 Å². The van der Waals surface area contributed by atoms with Gasteiger partial charge in [-0.25, -0.2) is 0 Å². The molecule has 1 spiro atoms. The minimum Gasteiger partial charge on any atom is -0.496 e. The standard InChI is InChI=1S/C25H29F3N2O2/c1-32-22-5-3-2-4-19(22)10-13-29-23(31)21-16-24(21)11-14-30(15-12-24)17-18-6-8-20(9-7-18)25(26,27)28/h2-9,21H,10-17H2,1H3,(H,29,31)/t21-/m0/s1. The number of likely N-dealkylation sites (tertiary alicyclic amines) is 1. The molecular weight excluding hydrogens is 417 g/mol. The number of rotatable bonds is 7. The van der Waals surface area contributed by atoms with Crippen molar-refractivity contribution in [2.45, 2.75) is 38.4 Å². The van der Waals surface area contributed by atoms with Crippen molar-refractivity contribution >= 4 is 5.91 Å². The molecule has 2 aromatic rings. The molecule has 1 aliphatic carbocycles. The van der Waals surface area contributed by atoms with Crippen molar-refractivity contribution in [3.05, 3.63) is 65.2 Å². The Hall–Kier alpha value is -2.54. The molecular formula is C25H29F3N2O2. The van der Waals surface area contributed by atoms with Gasteiger partial charge in [0.15, 0.2) is 0 Å². The summed E-state index contributed by atoms with van der Waals surface area (Å²) < 4.78 is 43.5. The Kier molecular flexibility index (Phi) is 6.47. The van der Waals surface area contributed by atoms with Crippen LogP contribution in [0, 0.1) is 11.3 Å². The van der Waals surface area contributed by atoms with Crippen LogP contribution in [0.1, 0.15) is 36.0 Å². The van der Waals surface area contributed by atoms with Gasteiger partial charge in [0.25, 0.3) is 0 Å². The smallest absolute Gasteiger partial charge is 0.416 e. The van der Waals surface area contributed by atoms with E-state index in [9.17, 15) is 18.0 Å². The lowest BCUT2D eigenvalue weighted by Crippen LogP contribution is -2.37. The summed E-state index contributed by atoms with van der Waals surface area (Å²) in [6.07, 6.45) is -0.723. The summed E-state index contributed by atoms with van der Waals surface area (Å²) in [7, 11) is 1.65. The number of hydrogen-bond donors (Lipinski definition) is 1. The average Bonchev–Trinajstić information content (AvgIpc) is 3.49. The SMILES string of the molecule is COc1ccccc1CCNC(=O)[C@@H]1CC12CCN(Cc1ccc(C(F)(F)F)cc1)CC2. The van der Waals surface area contributed by atoms with Crippen LogP contribution in [-0.2, 0) is 23.9 Å². The molecule has 1 N–H and O–H groups in total. The van der Waals surface area contributed by atoms with Crippen LogP contribution in [0.15, 0.2) is 48.5 Å². The maximum absolute atomic E-state index is 12.7. The maximum Gasteiger partial charge on any atom is 0.416 e. The Morgan fingerprint density at radius 2 is 1.81 bits per heavy atom. The zero-order valence-corrected chi connectivity index (χ0v) is 18.3. The van der Waals surface area contributed by atoms with Gasteiger partial charge in [-0.15, -0.1) is 0 Å². The van der Waals surface area contributed by atoms with E-state index in [2.05, 4.69) is 10.2 Å².